The number of nitrogens with one attached hydrogen (secondary N) is 3. The molecular formula is C21H23Cl2N5O. The van der Waals surface area contributed by atoms with Gasteiger partial charge in [-0.1, -0.05) is 18.2 Å². The lowest BCUT2D eigenvalue weighted by molar-refractivity contribution is 0.453. The summed E-state index contributed by atoms with van der Waals surface area (Å²) in [7, 11) is 0. The lowest BCUT2D eigenvalue weighted by atomic mass is 9.91. The number of benzene rings is 1. The first-order valence-corrected chi connectivity index (χ1v) is 9.33. The molecule has 3 N–H and O–H groups in total. The number of nitrogens with zero attached hydrogens (tertiary/aromatic N) is 2. The summed E-state index contributed by atoms with van der Waals surface area (Å²) in [6.07, 6.45) is 6.06. The van der Waals surface area contributed by atoms with Gasteiger partial charge in [0.2, 0.25) is 0 Å². The highest BCUT2D eigenvalue weighted by Gasteiger charge is 2.20. The van der Waals surface area contributed by atoms with Crippen LogP contribution in [-0.2, 0) is 0 Å². The van der Waals surface area contributed by atoms with E-state index in [-0.39, 0.29) is 24.8 Å². The van der Waals surface area contributed by atoms with Crippen LogP contribution in [0.5, 0.6) is 0 Å². The molecular weight excluding hydrogens is 409 g/mol. The number of hydrogen-bond donors (Lipinski definition) is 3. The number of halogens is 2. The predicted molar refractivity (Wildman–Crippen MR) is 121 cm³/mol. The van der Waals surface area contributed by atoms with Gasteiger partial charge in [-0.3, -0.25) is 5.10 Å². The normalized spacial score (nSPS) is 14.2. The highest BCUT2D eigenvalue weighted by Crippen LogP contribution is 2.32. The van der Waals surface area contributed by atoms with Crippen LogP contribution in [0.25, 0.3) is 22.1 Å². The fourth-order valence-corrected chi connectivity index (χ4v) is 3.74. The number of pyridine rings is 1. The van der Waals surface area contributed by atoms with Gasteiger partial charge in [-0.05, 0) is 44.1 Å². The lowest BCUT2D eigenvalue weighted by Gasteiger charge is -2.22. The molecule has 0 spiro atoms. The second-order valence-electron chi connectivity index (χ2n) is 6.93. The molecule has 152 valence electrons. The van der Waals surface area contributed by atoms with Crippen molar-refractivity contribution in [3.63, 3.8) is 0 Å². The smallest absolute Gasteiger partial charge is 0.199 e. The standard InChI is InChI=1S/C21H21N5O.2ClH/c1-2-4-18-15(3-1)11-20(27-18)25-19-6-5-16(12-23-19)17-13-24-26-21(17)14-7-9-22-10-8-14;;/h1-6,11-14,22H,7-10H2,(H,23,25)(H,24,26);2*1H. The molecule has 6 nitrogen and oxygen atoms in total. The van der Waals surface area contributed by atoms with Gasteiger partial charge in [0.15, 0.2) is 5.88 Å². The predicted octanol–water partition coefficient (Wildman–Crippen LogP) is 5.27. The van der Waals surface area contributed by atoms with Gasteiger partial charge in [-0.25, -0.2) is 4.98 Å². The summed E-state index contributed by atoms with van der Waals surface area (Å²) >= 11 is 0. The van der Waals surface area contributed by atoms with E-state index in [1.807, 2.05) is 48.8 Å². The van der Waals surface area contributed by atoms with Crippen molar-refractivity contribution < 1.29 is 4.42 Å². The van der Waals surface area contributed by atoms with E-state index in [9.17, 15) is 0 Å². The Hall–Kier alpha value is -2.54. The Labute approximate surface area is 181 Å². The number of aromatic amines is 1. The maximum atomic E-state index is 5.80. The second-order valence-corrected chi connectivity index (χ2v) is 6.93. The Morgan fingerprint density at radius 1 is 1.00 bits per heavy atom. The number of piperidine rings is 1. The van der Waals surface area contributed by atoms with Gasteiger partial charge >= 0.3 is 0 Å². The summed E-state index contributed by atoms with van der Waals surface area (Å²) in [5.74, 6) is 1.97. The minimum absolute atomic E-state index is 0. The van der Waals surface area contributed by atoms with Gasteiger partial charge in [0, 0.05) is 40.4 Å². The minimum Gasteiger partial charge on any atom is -0.440 e. The molecule has 1 aromatic carbocycles. The van der Waals surface area contributed by atoms with E-state index in [1.54, 1.807) is 0 Å². The summed E-state index contributed by atoms with van der Waals surface area (Å²) in [6, 6.07) is 14.0. The van der Waals surface area contributed by atoms with Crippen LogP contribution in [0.2, 0.25) is 0 Å². The second kappa shape index (κ2) is 9.31. The van der Waals surface area contributed by atoms with E-state index in [2.05, 4.69) is 31.9 Å². The van der Waals surface area contributed by atoms with Crippen LogP contribution in [0.4, 0.5) is 11.7 Å². The van der Waals surface area contributed by atoms with Crippen LogP contribution in [-0.4, -0.2) is 28.3 Å². The molecule has 0 unspecified atom stereocenters. The molecule has 4 aromatic rings. The van der Waals surface area contributed by atoms with Crippen LogP contribution < -0.4 is 10.6 Å². The number of para-hydroxylation sites is 1. The van der Waals surface area contributed by atoms with Gasteiger partial charge < -0.3 is 15.1 Å². The number of hydrogen-bond acceptors (Lipinski definition) is 5. The van der Waals surface area contributed by atoms with Gasteiger partial charge in [0.1, 0.15) is 11.4 Å². The van der Waals surface area contributed by atoms with Crippen molar-refractivity contribution in [1.29, 1.82) is 0 Å². The molecule has 4 heterocycles. The monoisotopic (exact) mass is 431 g/mol. The van der Waals surface area contributed by atoms with E-state index in [1.165, 1.54) is 5.69 Å². The summed E-state index contributed by atoms with van der Waals surface area (Å²) in [6.45, 7) is 2.11. The highest BCUT2D eigenvalue weighted by atomic mass is 35.5. The number of anilines is 2. The van der Waals surface area contributed by atoms with Crippen molar-refractivity contribution in [2.75, 3.05) is 18.4 Å². The maximum Gasteiger partial charge on any atom is 0.199 e. The summed E-state index contributed by atoms with van der Waals surface area (Å²) < 4.78 is 5.80. The molecule has 1 aliphatic rings. The van der Waals surface area contributed by atoms with Crippen LogP contribution >= 0.6 is 24.8 Å². The minimum atomic E-state index is 0. The lowest BCUT2D eigenvalue weighted by Crippen LogP contribution is -2.27. The van der Waals surface area contributed by atoms with E-state index in [0.29, 0.717) is 11.8 Å². The Bertz CT molecular complexity index is 1020. The molecule has 1 fully saturated rings. The number of H-pyrrole nitrogens is 1. The van der Waals surface area contributed by atoms with Crippen LogP contribution in [0.1, 0.15) is 24.5 Å². The van der Waals surface area contributed by atoms with Gasteiger partial charge in [0.05, 0.1) is 6.20 Å². The van der Waals surface area contributed by atoms with Gasteiger partial charge in [-0.15, -0.1) is 24.8 Å². The third-order valence-corrected chi connectivity index (χ3v) is 5.17. The molecule has 0 aliphatic carbocycles. The molecule has 0 atom stereocenters. The van der Waals surface area contributed by atoms with Crippen molar-refractivity contribution in [1.82, 2.24) is 20.5 Å². The average Bonchev–Trinajstić information content (AvgIpc) is 3.36. The van der Waals surface area contributed by atoms with Crippen LogP contribution in [0.3, 0.4) is 0 Å². The van der Waals surface area contributed by atoms with Crippen LogP contribution in [0, 0.1) is 0 Å². The molecule has 3 aromatic heterocycles. The van der Waals surface area contributed by atoms with E-state index < -0.39 is 0 Å². The fourth-order valence-electron chi connectivity index (χ4n) is 3.74. The number of rotatable bonds is 4. The Morgan fingerprint density at radius 3 is 2.59 bits per heavy atom. The summed E-state index contributed by atoms with van der Waals surface area (Å²) in [4.78, 5) is 4.56. The maximum absolute atomic E-state index is 5.80. The van der Waals surface area contributed by atoms with Crippen molar-refractivity contribution in [2.24, 2.45) is 0 Å². The molecule has 8 heteroatoms. The first-order chi connectivity index (χ1) is 13.4. The van der Waals surface area contributed by atoms with Crippen molar-refractivity contribution in [2.45, 2.75) is 18.8 Å². The third-order valence-electron chi connectivity index (χ3n) is 5.17. The molecule has 0 bridgehead atoms. The molecule has 0 radical (unpaired) electrons. The molecule has 29 heavy (non-hydrogen) atoms. The summed E-state index contributed by atoms with van der Waals surface area (Å²) in [5, 5.41) is 15.2. The molecule has 1 saturated heterocycles. The topological polar surface area (TPSA) is 78.8 Å². The highest BCUT2D eigenvalue weighted by molar-refractivity contribution is 5.85. The summed E-state index contributed by atoms with van der Waals surface area (Å²) in [5.41, 5.74) is 4.30. The zero-order chi connectivity index (χ0) is 18.1. The zero-order valence-corrected chi connectivity index (χ0v) is 17.4. The Morgan fingerprint density at radius 2 is 1.83 bits per heavy atom. The van der Waals surface area contributed by atoms with Gasteiger partial charge in [-0.2, -0.15) is 5.10 Å². The molecule has 1 aliphatic heterocycles. The third kappa shape index (κ3) is 4.40. The van der Waals surface area contributed by atoms with E-state index in [4.69, 9.17) is 4.42 Å². The SMILES string of the molecule is Cl.Cl.c1ccc2oc(Nc3ccc(-c4cn[nH]c4C4CCNCC4)cn3)cc2c1. The number of furan rings is 1. The quantitative estimate of drug-likeness (QED) is 0.409. The first kappa shape index (κ1) is 21.2. The first-order valence-electron chi connectivity index (χ1n) is 9.33. The van der Waals surface area contributed by atoms with Crippen LogP contribution in [0.15, 0.2) is 59.3 Å². The number of fused-ring (bicyclic) bond motifs is 1. The number of aromatic nitrogens is 3. The molecule has 5 rings (SSSR count). The van der Waals surface area contributed by atoms with E-state index >= 15 is 0 Å². The van der Waals surface area contributed by atoms with Gasteiger partial charge in [0.25, 0.3) is 0 Å². The fraction of sp³-hybridized carbons (Fsp3) is 0.238. The van der Waals surface area contributed by atoms with Crippen molar-refractivity contribution in [3.05, 3.63) is 60.6 Å². The average molecular weight is 432 g/mol. The largest absolute Gasteiger partial charge is 0.440 e. The van der Waals surface area contributed by atoms with E-state index in [0.717, 1.165) is 53.8 Å². The molecule has 0 amide bonds. The molecule has 0 saturated carbocycles. The Kier molecular flexibility index (Phi) is 6.79. The Balaban J connectivity index is 0.00000120. The van der Waals surface area contributed by atoms with Crippen molar-refractivity contribution >= 4 is 47.5 Å². The van der Waals surface area contributed by atoms with Crippen molar-refractivity contribution in [3.8, 4) is 11.1 Å². The zero-order valence-electron chi connectivity index (χ0n) is 15.7.